The molecular formula is C19H21BrN2O3S. The number of rotatable bonds is 4. The lowest BCUT2D eigenvalue weighted by Gasteiger charge is -2.33. The van der Waals surface area contributed by atoms with Gasteiger partial charge < -0.3 is 5.32 Å². The molecule has 1 saturated heterocycles. The Morgan fingerprint density at radius 2 is 1.88 bits per heavy atom. The summed E-state index contributed by atoms with van der Waals surface area (Å²) >= 11 is 3.31. The van der Waals surface area contributed by atoms with Crippen LogP contribution in [0.5, 0.6) is 0 Å². The summed E-state index contributed by atoms with van der Waals surface area (Å²) in [6, 6.07) is 13.3. The summed E-state index contributed by atoms with van der Waals surface area (Å²) in [5.41, 5.74) is 1.72. The number of carbonyl (C=O) groups excluding carboxylic acids is 1. The van der Waals surface area contributed by atoms with Gasteiger partial charge in [0.25, 0.3) is 0 Å². The zero-order valence-electron chi connectivity index (χ0n) is 14.5. The third kappa shape index (κ3) is 4.16. The molecule has 1 amide bonds. The number of sulfonamides is 1. The van der Waals surface area contributed by atoms with Crippen LogP contribution in [0.2, 0.25) is 0 Å². The highest BCUT2D eigenvalue weighted by atomic mass is 79.9. The smallest absolute Gasteiger partial charge is 0.243 e. The first-order chi connectivity index (χ1) is 12.4. The fraction of sp³-hybridized carbons (Fsp3) is 0.316. The minimum absolute atomic E-state index is 0.205. The van der Waals surface area contributed by atoms with Crippen molar-refractivity contribution in [3.05, 3.63) is 58.6 Å². The summed E-state index contributed by atoms with van der Waals surface area (Å²) in [5, 5.41) is 2.86. The zero-order chi connectivity index (χ0) is 18.7. The Hall–Kier alpha value is -1.70. The first-order valence-electron chi connectivity index (χ1n) is 8.53. The van der Waals surface area contributed by atoms with Gasteiger partial charge in [-0.15, -0.1) is 0 Å². The molecule has 1 atom stereocenters. The number of benzene rings is 2. The van der Waals surface area contributed by atoms with Crippen LogP contribution >= 0.6 is 15.9 Å². The fourth-order valence-electron chi connectivity index (χ4n) is 3.15. The SMILES string of the molecule is Cc1cccc(NC(=O)C2CCCCN2S(=O)(=O)c2ccc(Br)cc2)c1. The predicted octanol–water partition coefficient (Wildman–Crippen LogP) is 3.94. The fourth-order valence-corrected chi connectivity index (χ4v) is 5.07. The first-order valence-corrected chi connectivity index (χ1v) is 10.8. The van der Waals surface area contributed by atoms with E-state index in [2.05, 4.69) is 21.2 Å². The van der Waals surface area contributed by atoms with Gasteiger partial charge in [-0.25, -0.2) is 8.42 Å². The molecule has 0 spiro atoms. The number of halogens is 1. The lowest BCUT2D eigenvalue weighted by molar-refractivity contribution is -0.120. The van der Waals surface area contributed by atoms with Gasteiger partial charge in [0.1, 0.15) is 6.04 Å². The molecule has 0 radical (unpaired) electrons. The molecule has 1 unspecified atom stereocenters. The van der Waals surface area contributed by atoms with Crippen molar-refractivity contribution < 1.29 is 13.2 Å². The monoisotopic (exact) mass is 436 g/mol. The van der Waals surface area contributed by atoms with Crippen LogP contribution < -0.4 is 5.32 Å². The van der Waals surface area contributed by atoms with Crippen molar-refractivity contribution in [2.75, 3.05) is 11.9 Å². The maximum atomic E-state index is 13.1. The number of piperidine rings is 1. The molecule has 0 bridgehead atoms. The predicted molar refractivity (Wildman–Crippen MR) is 105 cm³/mol. The molecule has 1 heterocycles. The number of anilines is 1. The normalized spacial score (nSPS) is 18.5. The lowest BCUT2D eigenvalue weighted by atomic mass is 10.0. The van der Waals surface area contributed by atoms with Gasteiger partial charge in [-0.2, -0.15) is 4.31 Å². The van der Waals surface area contributed by atoms with Crippen molar-refractivity contribution in [1.29, 1.82) is 0 Å². The Labute approximate surface area is 162 Å². The standard InChI is InChI=1S/C19H21BrN2O3S/c1-14-5-4-6-16(13-14)21-19(23)18-7-2-3-12-22(18)26(24,25)17-10-8-15(20)9-11-17/h4-6,8-11,13,18H,2-3,7,12H2,1H3,(H,21,23). The van der Waals surface area contributed by atoms with E-state index in [0.29, 0.717) is 18.7 Å². The van der Waals surface area contributed by atoms with Gasteiger partial charge in [0, 0.05) is 16.7 Å². The summed E-state index contributed by atoms with van der Waals surface area (Å²) < 4.78 is 28.2. The molecule has 3 rings (SSSR count). The number of hydrogen-bond donors (Lipinski definition) is 1. The van der Waals surface area contributed by atoms with Gasteiger partial charge in [0.15, 0.2) is 0 Å². The number of hydrogen-bond acceptors (Lipinski definition) is 3. The van der Waals surface area contributed by atoms with Crippen LogP contribution in [0, 0.1) is 6.92 Å². The Morgan fingerprint density at radius 3 is 2.58 bits per heavy atom. The van der Waals surface area contributed by atoms with E-state index >= 15 is 0 Å². The first kappa shape index (κ1) is 19.1. The van der Waals surface area contributed by atoms with Crippen molar-refractivity contribution in [3.63, 3.8) is 0 Å². The van der Waals surface area contributed by atoms with Crippen LogP contribution in [-0.2, 0) is 14.8 Å². The van der Waals surface area contributed by atoms with E-state index in [4.69, 9.17) is 0 Å². The molecule has 0 saturated carbocycles. The van der Waals surface area contributed by atoms with Gasteiger partial charge >= 0.3 is 0 Å². The van der Waals surface area contributed by atoms with Crippen LogP contribution in [-0.4, -0.2) is 31.2 Å². The van der Waals surface area contributed by atoms with E-state index in [1.807, 2.05) is 25.1 Å². The van der Waals surface area contributed by atoms with E-state index in [1.165, 1.54) is 4.31 Å². The Bertz CT molecular complexity index is 897. The van der Waals surface area contributed by atoms with E-state index in [1.54, 1.807) is 30.3 Å². The summed E-state index contributed by atoms with van der Waals surface area (Å²) in [6.45, 7) is 2.30. The second kappa shape index (κ2) is 7.90. The third-order valence-electron chi connectivity index (χ3n) is 4.46. The molecule has 1 fully saturated rings. The highest BCUT2D eigenvalue weighted by Gasteiger charge is 2.37. The van der Waals surface area contributed by atoms with Crippen LogP contribution in [0.25, 0.3) is 0 Å². The van der Waals surface area contributed by atoms with E-state index in [-0.39, 0.29) is 10.8 Å². The lowest BCUT2D eigenvalue weighted by Crippen LogP contribution is -2.49. The number of nitrogens with one attached hydrogen (secondary N) is 1. The minimum atomic E-state index is -3.72. The molecular weight excluding hydrogens is 416 g/mol. The van der Waals surface area contributed by atoms with E-state index in [9.17, 15) is 13.2 Å². The van der Waals surface area contributed by atoms with Gasteiger partial charge in [-0.05, 0) is 61.7 Å². The molecule has 26 heavy (non-hydrogen) atoms. The largest absolute Gasteiger partial charge is 0.325 e. The maximum absolute atomic E-state index is 13.1. The third-order valence-corrected chi connectivity index (χ3v) is 6.91. The van der Waals surface area contributed by atoms with Gasteiger partial charge in [-0.3, -0.25) is 4.79 Å². The molecule has 7 heteroatoms. The summed E-state index contributed by atoms with van der Waals surface area (Å²) in [7, 11) is -3.72. The number of nitrogens with zero attached hydrogens (tertiary/aromatic N) is 1. The number of aryl methyl sites for hydroxylation is 1. The number of amides is 1. The van der Waals surface area contributed by atoms with Crippen molar-refractivity contribution in [3.8, 4) is 0 Å². The van der Waals surface area contributed by atoms with E-state index in [0.717, 1.165) is 22.9 Å². The number of carbonyl (C=O) groups is 1. The second-order valence-electron chi connectivity index (χ2n) is 6.44. The quantitative estimate of drug-likeness (QED) is 0.788. The minimum Gasteiger partial charge on any atom is -0.325 e. The molecule has 5 nitrogen and oxygen atoms in total. The van der Waals surface area contributed by atoms with Crippen LogP contribution in [0.4, 0.5) is 5.69 Å². The Balaban J connectivity index is 1.85. The topological polar surface area (TPSA) is 66.5 Å². The molecule has 0 aromatic heterocycles. The van der Waals surface area contributed by atoms with E-state index < -0.39 is 16.1 Å². The van der Waals surface area contributed by atoms with Crippen molar-refractivity contribution >= 4 is 37.5 Å². The zero-order valence-corrected chi connectivity index (χ0v) is 16.9. The Kier molecular flexibility index (Phi) is 5.79. The van der Waals surface area contributed by atoms with Crippen LogP contribution in [0.15, 0.2) is 57.9 Å². The molecule has 1 N–H and O–H groups in total. The van der Waals surface area contributed by atoms with Gasteiger partial charge in [-0.1, -0.05) is 34.5 Å². The molecule has 1 aliphatic rings. The molecule has 2 aromatic rings. The summed E-state index contributed by atoms with van der Waals surface area (Å²) in [5.74, 6) is -0.281. The Morgan fingerprint density at radius 1 is 1.15 bits per heavy atom. The molecule has 0 aliphatic carbocycles. The van der Waals surface area contributed by atoms with Crippen molar-refractivity contribution in [1.82, 2.24) is 4.31 Å². The molecule has 1 aliphatic heterocycles. The average Bonchev–Trinajstić information content (AvgIpc) is 2.62. The summed E-state index contributed by atoms with van der Waals surface area (Å²) in [6.07, 6.45) is 2.11. The summed E-state index contributed by atoms with van der Waals surface area (Å²) in [4.78, 5) is 13.0. The highest BCUT2D eigenvalue weighted by Crippen LogP contribution is 2.27. The molecule has 138 valence electrons. The second-order valence-corrected chi connectivity index (χ2v) is 9.25. The molecule has 2 aromatic carbocycles. The maximum Gasteiger partial charge on any atom is 0.243 e. The van der Waals surface area contributed by atoms with Crippen molar-refractivity contribution in [2.45, 2.75) is 37.1 Å². The van der Waals surface area contributed by atoms with Crippen LogP contribution in [0.3, 0.4) is 0 Å². The average molecular weight is 437 g/mol. The van der Waals surface area contributed by atoms with Crippen LogP contribution in [0.1, 0.15) is 24.8 Å². The van der Waals surface area contributed by atoms with Gasteiger partial charge in [0.2, 0.25) is 15.9 Å². The van der Waals surface area contributed by atoms with Crippen molar-refractivity contribution in [2.24, 2.45) is 0 Å². The highest BCUT2D eigenvalue weighted by molar-refractivity contribution is 9.10. The van der Waals surface area contributed by atoms with Gasteiger partial charge in [0.05, 0.1) is 4.90 Å².